The third-order valence-electron chi connectivity index (χ3n) is 5.24. The Labute approximate surface area is 148 Å². The molecule has 3 rings (SSSR count). The van der Waals surface area contributed by atoms with E-state index >= 15 is 0 Å². The van der Waals surface area contributed by atoms with E-state index in [0.717, 1.165) is 36.5 Å². The van der Waals surface area contributed by atoms with Gasteiger partial charge in [0.05, 0.1) is 12.1 Å². The van der Waals surface area contributed by atoms with Crippen molar-refractivity contribution in [2.24, 2.45) is 5.92 Å². The van der Waals surface area contributed by atoms with Gasteiger partial charge in [-0.15, -0.1) is 0 Å². The second kappa shape index (κ2) is 7.35. The first-order valence-corrected chi connectivity index (χ1v) is 8.73. The van der Waals surface area contributed by atoms with Gasteiger partial charge in [-0.1, -0.05) is 11.2 Å². The van der Waals surface area contributed by atoms with Crippen LogP contribution in [0.4, 0.5) is 0 Å². The van der Waals surface area contributed by atoms with Crippen molar-refractivity contribution in [1.29, 1.82) is 0 Å². The lowest BCUT2D eigenvalue weighted by Gasteiger charge is -2.28. The fourth-order valence-corrected chi connectivity index (χ4v) is 3.79. The fourth-order valence-electron chi connectivity index (χ4n) is 3.79. The summed E-state index contributed by atoms with van der Waals surface area (Å²) >= 11 is 0. The predicted octanol–water partition coefficient (Wildman–Crippen LogP) is 2.38. The zero-order valence-electron chi connectivity index (χ0n) is 15.4. The Hall–Kier alpha value is -2.21. The molecule has 0 spiro atoms. The van der Waals surface area contributed by atoms with Gasteiger partial charge in [0.25, 0.3) is 0 Å². The molecule has 25 heavy (non-hydrogen) atoms. The van der Waals surface area contributed by atoms with E-state index < -0.39 is 0 Å². The smallest absolute Gasteiger partial charge is 0.226 e. The highest BCUT2D eigenvalue weighted by Gasteiger charge is 2.34. The summed E-state index contributed by atoms with van der Waals surface area (Å²) in [6, 6.07) is 4.41. The van der Waals surface area contributed by atoms with E-state index in [0.29, 0.717) is 18.4 Å². The van der Waals surface area contributed by atoms with Crippen LogP contribution in [-0.4, -0.2) is 53.0 Å². The SMILES string of the molecule is Cc1noc(C)c1CC(=O)N(C)C[C@@H]1CCN(C)[C@H]1c1cccnc1. The molecule has 1 fully saturated rings. The summed E-state index contributed by atoms with van der Waals surface area (Å²) in [4.78, 5) is 21.1. The lowest BCUT2D eigenvalue weighted by molar-refractivity contribution is -0.129. The van der Waals surface area contributed by atoms with Crippen LogP contribution in [0.5, 0.6) is 0 Å². The largest absolute Gasteiger partial charge is 0.361 e. The van der Waals surface area contributed by atoms with Crippen molar-refractivity contribution in [1.82, 2.24) is 19.9 Å². The second-order valence-corrected chi connectivity index (χ2v) is 7.01. The van der Waals surface area contributed by atoms with E-state index in [2.05, 4.69) is 28.2 Å². The number of rotatable bonds is 5. The van der Waals surface area contributed by atoms with Crippen LogP contribution in [-0.2, 0) is 11.2 Å². The number of carbonyl (C=O) groups excluding carboxylic acids is 1. The zero-order valence-corrected chi connectivity index (χ0v) is 15.4. The first-order chi connectivity index (χ1) is 12.0. The molecule has 2 aromatic heterocycles. The Morgan fingerprint density at radius 2 is 2.24 bits per heavy atom. The number of likely N-dealkylation sites (tertiary alicyclic amines) is 1. The maximum atomic E-state index is 12.7. The van der Waals surface area contributed by atoms with Gasteiger partial charge in [-0.25, -0.2) is 0 Å². The molecule has 0 aliphatic carbocycles. The summed E-state index contributed by atoms with van der Waals surface area (Å²) in [5, 5.41) is 3.93. The molecule has 134 valence electrons. The molecule has 2 atom stereocenters. The summed E-state index contributed by atoms with van der Waals surface area (Å²) in [5.41, 5.74) is 2.93. The van der Waals surface area contributed by atoms with E-state index in [1.807, 2.05) is 38.1 Å². The van der Waals surface area contributed by atoms with E-state index in [1.54, 1.807) is 6.20 Å². The van der Waals surface area contributed by atoms with Crippen molar-refractivity contribution >= 4 is 5.91 Å². The summed E-state index contributed by atoms with van der Waals surface area (Å²) < 4.78 is 5.16. The Balaban J connectivity index is 1.67. The summed E-state index contributed by atoms with van der Waals surface area (Å²) in [7, 11) is 4.03. The quantitative estimate of drug-likeness (QED) is 0.835. The molecule has 1 saturated heterocycles. The van der Waals surface area contributed by atoms with Gasteiger partial charge in [0.2, 0.25) is 5.91 Å². The van der Waals surface area contributed by atoms with Gasteiger partial charge in [0, 0.05) is 37.6 Å². The van der Waals surface area contributed by atoms with Gasteiger partial charge in [0.15, 0.2) is 0 Å². The highest BCUT2D eigenvalue weighted by molar-refractivity contribution is 5.79. The third-order valence-corrected chi connectivity index (χ3v) is 5.24. The van der Waals surface area contributed by atoms with Gasteiger partial charge in [-0.3, -0.25) is 14.7 Å². The van der Waals surface area contributed by atoms with E-state index in [9.17, 15) is 4.79 Å². The lowest BCUT2D eigenvalue weighted by atomic mass is 9.94. The molecule has 0 bridgehead atoms. The third kappa shape index (κ3) is 3.74. The highest BCUT2D eigenvalue weighted by Crippen LogP contribution is 2.36. The number of pyridine rings is 1. The first-order valence-electron chi connectivity index (χ1n) is 8.73. The molecule has 6 heteroatoms. The topological polar surface area (TPSA) is 62.5 Å². The number of likely N-dealkylation sites (N-methyl/N-ethyl adjacent to an activating group) is 1. The summed E-state index contributed by atoms with van der Waals surface area (Å²) in [5.74, 6) is 1.25. The first kappa shape index (κ1) is 17.6. The molecule has 0 N–H and O–H groups in total. The van der Waals surface area contributed by atoms with Gasteiger partial charge in [-0.2, -0.15) is 0 Å². The molecule has 0 saturated carbocycles. The Morgan fingerprint density at radius 1 is 1.44 bits per heavy atom. The molecule has 1 aliphatic heterocycles. The van der Waals surface area contributed by atoms with Crippen LogP contribution < -0.4 is 0 Å². The van der Waals surface area contributed by atoms with Crippen LogP contribution in [0.15, 0.2) is 29.0 Å². The van der Waals surface area contributed by atoms with Crippen molar-refractivity contribution in [2.75, 3.05) is 27.2 Å². The molecule has 2 aromatic rings. The van der Waals surface area contributed by atoms with Crippen molar-refractivity contribution in [2.45, 2.75) is 32.7 Å². The number of nitrogens with zero attached hydrogens (tertiary/aromatic N) is 4. The standard InChI is InChI=1S/C19H26N4O2/c1-13-17(14(2)25-21-13)10-18(24)23(4)12-16-7-9-22(3)19(16)15-6-5-8-20-11-15/h5-6,8,11,16,19H,7,9-10,12H2,1-4H3/t16-,19-/m0/s1. The number of hydrogen-bond donors (Lipinski definition) is 0. The molecule has 3 heterocycles. The van der Waals surface area contributed by atoms with Crippen LogP contribution in [0.2, 0.25) is 0 Å². The Kier molecular flexibility index (Phi) is 5.18. The van der Waals surface area contributed by atoms with Crippen molar-refractivity contribution in [3.8, 4) is 0 Å². The average molecular weight is 342 g/mol. The number of hydrogen-bond acceptors (Lipinski definition) is 5. The van der Waals surface area contributed by atoms with Crippen LogP contribution in [0.1, 0.15) is 35.0 Å². The number of aromatic nitrogens is 2. The van der Waals surface area contributed by atoms with E-state index in [1.165, 1.54) is 5.56 Å². The maximum Gasteiger partial charge on any atom is 0.226 e. The van der Waals surface area contributed by atoms with E-state index in [-0.39, 0.29) is 5.91 Å². The minimum atomic E-state index is 0.105. The molecule has 0 aromatic carbocycles. The summed E-state index contributed by atoms with van der Waals surface area (Å²) in [6.45, 7) is 5.51. The van der Waals surface area contributed by atoms with Crippen molar-refractivity contribution in [3.05, 3.63) is 47.1 Å². The number of carbonyl (C=O) groups is 1. The predicted molar refractivity (Wildman–Crippen MR) is 95.0 cm³/mol. The fraction of sp³-hybridized carbons (Fsp3) is 0.526. The molecule has 1 amide bonds. The van der Waals surface area contributed by atoms with Gasteiger partial charge in [-0.05, 0) is 51.4 Å². The highest BCUT2D eigenvalue weighted by atomic mass is 16.5. The molecule has 1 aliphatic rings. The second-order valence-electron chi connectivity index (χ2n) is 7.01. The average Bonchev–Trinajstić information content (AvgIpc) is 3.12. The number of amides is 1. The van der Waals surface area contributed by atoms with Crippen LogP contribution in [0.3, 0.4) is 0 Å². The minimum absolute atomic E-state index is 0.105. The molecular formula is C19H26N4O2. The van der Waals surface area contributed by atoms with Crippen LogP contribution in [0.25, 0.3) is 0 Å². The van der Waals surface area contributed by atoms with Gasteiger partial charge >= 0.3 is 0 Å². The van der Waals surface area contributed by atoms with E-state index in [4.69, 9.17) is 4.52 Å². The number of aryl methyl sites for hydroxylation is 2. The van der Waals surface area contributed by atoms with Crippen LogP contribution in [0, 0.1) is 19.8 Å². The Morgan fingerprint density at radius 3 is 2.88 bits per heavy atom. The minimum Gasteiger partial charge on any atom is -0.361 e. The lowest BCUT2D eigenvalue weighted by Crippen LogP contribution is -2.35. The zero-order chi connectivity index (χ0) is 18.0. The molecule has 6 nitrogen and oxygen atoms in total. The maximum absolute atomic E-state index is 12.7. The van der Waals surface area contributed by atoms with Gasteiger partial charge < -0.3 is 9.42 Å². The normalized spacial score (nSPS) is 20.8. The monoisotopic (exact) mass is 342 g/mol. The molecular weight excluding hydrogens is 316 g/mol. The summed E-state index contributed by atoms with van der Waals surface area (Å²) in [6.07, 6.45) is 5.16. The Bertz CT molecular complexity index is 709. The molecule has 0 radical (unpaired) electrons. The van der Waals surface area contributed by atoms with Crippen LogP contribution >= 0.6 is 0 Å². The van der Waals surface area contributed by atoms with Gasteiger partial charge in [0.1, 0.15) is 5.76 Å². The van der Waals surface area contributed by atoms with Crippen molar-refractivity contribution in [3.63, 3.8) is 0 Å². The molecule has 0 unspecified atom stereocenters. The van der Waals surface area contributed by atoms with Crippen molar-refractivity contribution < 1.29 is 9.32 Å².